The molecule has 0 fully saturated rings. The van der Waals surface area contributed by atoms with Crippen LogP contribution in [0.4, 0.5) is 13.2 Å². The second-order valence-electron chi connectivity index (χ2n) is 8.19. The number of benzene rings is 1. The summed E-state index contributed by atoms with van der Waals surface area (Å²) >= 11 is 1.29. The zero-order chi connectivity index (χ0) is 20.8. The van der Waals surface area contributed by atoms with Gasteiger partial charge in [-0.15, -0.1) is 11.3 Å². The quantitative estimate of drug-likeness (QED) is 0.541. The lowest BCUT2D eigenvalue weighted by Gasteiger charge is -2.33. The molecule has 0 bridgehead atoms. The van der Waals surface area contributed by atoms with Crippen molar-refractivity contribution in [3.8, 4) is 5.75 Å². The molecule has 0 saturated heterocycles. The summed E-state index contributed by atoms with van der Waals surface area (Å²) in [6.45, 7) is 4.03. The van der Waals surface area contributed by atoms with Crippen molar-refractivity contribution >= 4 is 21.6 Å². The number of hydrogen-bond acceptors (Lipinski definition) is 3. The van der Waals surface area contributed by atoms with Gasteiger partial charge in [-0.2, -0.15) is 13.2 Å². The molecule has 154 valence electrons. The van der Waals surface area contributed by atoms with Crippen LogP contribution in [-0.4, -0.2) is 17.4 Å². The number of rotatable bonds is 5. The molecule has 1 aromatic carbocycles. The van der Waals surface area contributed by atoms with Gasteiger partial charge in [0.2, 0.25) is 0 Å². The summed E-state index contributed by atoms with van der Waals surface area (Å²) in [5.41, 5.74) is 0.991. The van der Waals surface area contributed by atoms with Crippen molar-refractivity contribution in [2.75, 3.05) is 6.61 Å². The zero-order valence-corrected chi connectivity index (χ0v) is 17.1. The number of ether oxygens (including phenoxy) is 1. The van der Waals surface area contributed by atoms with E-state index in [0.29, 0.717) is 16.8 Å². The van der Waals surface area contributed by atoms with E-state index in [0.717, 1.165) is 23.3 Å². The average molecular weight is 421 g/mol. The summed E-state index contributed by atoms with van der Waals surface area (Å²) < 4.78 is 49.4. The molecule has 1 aliphatic rings. The molecule has 3 nitrogen and oxygen atoms in total. The number of fused-ring (bicyclic) bond motifs is 2. The van der Waals surface area contributed by atoms with Gasteiger partial charge in [-0.3, -0.25) is 4.79 Å². The van der Waals surface area contributed by atoms with Crippen molar-refractivity contribution in [1.29, 1.82) is 0 Å². The number of aromatic nitrogens is 1. The largest absolute Gasteiger partial charge is 0.493 e. The van der Waals surface area contributed by atoms with Crippen LogP contribution in [0.3, 0.4) is 0 Å². The maximum atomic E-state index is 14.0. The van der Waals surface area contributed by atoms with Gasteiger partial charge in [0.25, 0.3) is 0 Å². The number of alkyl halides is 3. The highest BCUT2D eigenvalue weighted by Crippen LogP contribution is 2.44. The Kier molecular flexibility index (Phi) is 4.97. The predicted octanol–water partition coefficient (Wildman–Crippen LogP) is 5.54. The summed E-state index contributed by atoms with van der Waals surface area (Å²) in [7, 11) is 0. The summed E-state index contributed by atoms with van der Waals surface area (Å²) in [5.74, 6) is -0.815. The van der Waals surface area contributed by atoms with Gasteiger partial charge in [0.05, 0.1) is 17.9 Å². The van der Waals surface area contributed by atoms with Gasteiger partial charge in [-0.25, -0.2) is 0 Å². The predicted molar refractivity (Wildman–Crippen MR) is 109 cm³/mol. The molecule has 3 aromatic rings. The monoisotopic (exact) mass is 421 g/mol. The van der Waals surface area contributed by atoms with E-state index in [1.165, 1.54) is 23.6 Å². The first kappa shape index (κ1) is 20.0. The Morgan fingerprint density at radius 1 is 1.21 bits per heavy atom. The molecule has 3 heterocycles. The second kappa shape index (κ2) is 7.20. The maximum Gasteiger partial charge on any atom is 0.393 e. The highest BCUT2D eigenvalue weighted by atomic mass is 32.1. The molecule has 1 atom stereocenters. The van der Waals surface area contributed by atoms with Crippen molar-refractivity contribution in [2.24, 2.45) is 5.92 Å². The highest BCUT2D eigenvalue weighted by Gasteiger charge is 2.44. The molecule has 4 rings (SSSR count). The van der Waals surface area contributed by atoms with E-state index in [4.69, 9.17) is 4.74 Å². The van der Waals surface area contributed by atoms with Crippen LogP contribution >= 0.6 is 11.3 Å². The van der Waals surface area contributed by atoms with Crippen LogP contribution < -0.4 is 10.2 Å². The molecule has 0 saturated carbocycles. The highest BCUT2D eigenvalue weighted by molar-refractivity contribution is 7.16. The topological polar surface area (TPSA) is 31.2 Å². The minimum absolute atomic E-state index is 0.0741. The van der Waals surface area contributed by atoms with E-state index in [1.54, 1.807) is 16.0 Å². The Morgan fingerprint density at radius 2 is 2.00 bits per heavy atom. The van der Waals surface area contributed by atoms with Crippen LogP contribution in [-0.2, 0) is 18.4 Å². The molecule has 0 radical (unpaired) electrons. The molecule has 29 heavy (non-hydrogen) atoms. The van der Waals surface area contributed by atoms with Crippen molar-refractivity contribution in [3.63, 3.8) is 0 Å². The molecule has 0 amide bonds. The van der Waals surface area contributed by atoms with Crippen LogP contribution in [0.2, 0.25) is 0 Å². The first-order chi connectivity index (χ1) is 13.7. The van der Waals surface area contributed by atoms with E-state index in [-0.39, 0.29) is 18.4 Å². The Balaban J connectivity index is 1.68. The van der Waals surface area contributed by atoms with E-state index in [2.05, 4.69) is 0 Å². The van der Waals surface area contributed by atoms with E-state index < -0.39 is 17.5 Å². The van der Waals surface area contributed by atoms with Gasteiger partial charge in [-0.1, -0.05) is 32.0 Å². The van der Waals surface area contributed by atoms with E-state index >= 15 is 0 Å². The van der Waals surface area contributed by atoms with Crippen LogP contribution in [0, 0.1) is 5.92 Å². The first-order valence-corrected chi connectivity index (χ1v) is 10.4. The van der Waals surface area contributed by atoms with Crippen molar-refractivity contribution in [1.82, 2.24) is 4.57 Å². The molecule has 1 unspecified atom stereocenters. The molecule has 7 heteroatoms. The molecule has 0 spiro atoms. The maximum absolute atomic E-state index is 14.0. The number of halogens is 3. The number of thiophene rings is 1. The Hall–Kier alpha value is -2.28. The smallest absolute Gasteiger partial charge is 0.393 e. The summed E-state index contributed by atoms with van der Waals surface area (Å²) in [4.78, 5) is 12.5. The molecule has 0 aliphatic carbocycles. The second-order valence-corrected chi connectivity index (χ2v) is 9.09. The van der Waals surface area contributed by atoms with Gasteiger partial charge in [0, 0.05) is 30.8 Å². The Morgan fingerprint density at radius 3 is 2.76 bits per heavy atom. The number of nitrogens with zero attached hydrogens (tertiary/aromatic N) is 1. The molecular formula is C22H22F3NO2S. The van der Waals surface area contributed by atoms with Crippen LogP contribution in [0.5, 0.6) is 5.75 Å². The molecular weight excluding hydrogens is 399 g/mol. The summed E-state index contributed by atoms with van der Waals surface area (Å²) in [6.07, 6.45) is -2.18. The van der Waals surface area contributed by atoms with Gasteiger partial charge in [0.1, 0.15) is 10.6 Å². The number of para-hydroxylation sites is 1. The van der Waals surface area contributed by atoms with Crippen molar-refractivity contribution in [3.05, 3.63) is 63.3 Å². The van der Waals surface area contributed by atoms with Crippen molar-refractivity contribution < 1.29 is 17.9 Å². The first-order valence-electron chi connectivity index (χ1n) is 9.55. The average Bonchev–Trinajstić information content (AvgIpc) is 3.31. The van der Waals surface area contributed by atoms with Crippen LogP contribution in [0.1, 0.15) is 31.4 Å². The van der Waals surface area contributed by atoms with Gasteiger partial charge >= 0.3 is 6.18 Å². The van der Waals surface area contributed by atoms with Crippen molar-refractivity contribution in [2.45, 2.75) is 44.8 Å². The molecule has 2 aromatic heterocycles. The SMILES string of the molecule is CC(C)(CC(Cn1ccc(=O)c2ccsc21)C(F)(F)F)c1cccc2c1OCC2. The lowest BCUT2D eigenvalue weighted by molar-refractivity contribution is -0.183. The van der Waals surface area contributed by atoms with Crippen LogP contribution in [0.15, 0.2) is 46.7 Å². The lowest BCUT2D eigenvalue weighted by atomic mass is 9.76. The third-order valence-electron chi connectivity index (χ3n) is 5.66. The van der Waals surface area contributed by atoms with Crippen LogP contribution in [0.25, 0.3) is 10.2 Å². The summed E-state index contributed by atoms with van der Waals surface area (Å²) in [5, 5.41) is 2.20. The number of pyridine rings is 1. The third-order valence-corrected chi connectivity index (χ3v) is 6.61. The summed E-state index contributed by atoms with van der Waals surface area (Å²) in [6, 6.07) is 8.73. The fraction of sp³-hybridized carbons (Fsp3) is 0.409. The third kappa shape index (κ3) is 3.80. The Bertz CT molecular complexity index is 1100. The van der Waals surface area contributed by atoms with E-state index in [9.17, 15) is 18.0 Å². The molecule has 0 N–H and O–H groups in total. The van der Waals surface area contributed by atoms with Gasteiger partial charge in [-0.05, 0) is 28.8 Å². The standard InChI is InChI=1S/C22H22F3NO2S/c1-21(2,17-5-3-4-14-7-10-28-19(14)17)12-15(22(23,24)25)13-26-9-6-18(27)16-8-11-29-20(16)26/h3-6,8-9,11,15H,7,10,12-13H2,1-2H3. The minimum atomic E-state index is -4.36. The lowest BCUT2D eigenvalue weighted by Crippen LogP contribution is -2.34. The van der Waals surface area contributed by atoms with E-state index in [1.807, 2.05) is 32.0 Å². The zero-order valence-electron chi connectivity index (χ0n) is 16.3. The normalized spacial score (nSPS) is 15.3. The number of hydrogen-bond donors (Lipinski definition) is 0. The Labute approximate surface area is 170 Å². The fourth-order valence-electron chi connectivity index (χ4n) is 4.17. The van der Waals surface area contributed by atoms with Gasteiger partial charge in [0.15, 0.2) is 5.43 Å². The fourth-order valence-corrected chi connectivity index (χ4v) is 5.06. The van der Waals surface area contributed by atoms with Gasteiger partial charge < -0.3 is 9.30 Å². The molecule has 1 aliphatic heterocycles. The minimum Gasteiger partial charge on any atom is -0.493 e.